The van der Waals surface area contributed by atoms with Gasteiger partial charge in [-0.15, -0.1) is 0 Å². The Morgan fingerprint density at radius 3 is 2.78 bits per heavy atom. The van der Waals surface area contributed by atoms with Crippen molar-refractivity contribution in [2.24, 2.45) is 0 Å². The van der Waals surface area contributed by atoms with Gasteiger partial charge in [-0.2, -0.15) is 0 Å². The maximum absolute atomic E-state index is 12.3. The fourth-order valence-electron chi connectivity index (χ4n) is 3.06. The van der Waals surface area contributed by atoms with Gasteiger partial charge in [-0.25, -0.2) is 9.97 Å². The Balaban J connectivity index is 1.27. The van der Waals surface area contributed by atoms with Crippen LogP contribution < -0.4 is 14.8 Å². The summed E-state index contributed by atoms with van der Waals surface area (Å²) in [5, 5.41) is 3.44. The van der Waals surface area contributed by atoms with Gasteiger partial charge in [-0.05, 0) is 12.1 Å². The van der Waals surface area contributed by atoms with Crippen molar-refractivity contribution in [3.8, 4) is 11.5 Å². The van der Waals surface area contributed by atoms with E-state index in [0.29, 0.717) is 36.9 Å². The largest absolute Gasteiger partial charge is 0.486 e. The van der Waals surface area contributed by atoms with Crippen molar-refractivity contribution >= 4 is 43.6 Å². The van der Waals surface area contributed by atoms with Gasteiger partial charge in [0.1, 0.15) is 19.0 Å². The normalized spacial score (nSPS) is 13.2. The summed E-state index contributed by atoms with van der Waals surface area (Å²) in [5.41, 5.74) is 2.68. The first-order valence-corrected chi connectivity index (χ1v) is 9.50. The summed E-state index contributed by atoms with van der Waals surface area (Å²) in [6.45, 7) is 1.08. The number of aromatic amines is 1. The average molecular weight is 380 g/mol. The first kappa shape index (κ1) is 16.1. The summed E-state index contributed by atoms with van der Waals surface area (Å²) in [6.07, 6.45) is 0.875. The van der Waals surface area contributed by atoms with E-state index in [4.69, 9.17) is 9.47 Å². The molecule has 1 aliphatic rings. The number of anilines is 1. The van der Waals surface area contributed by atoms with E-state index in [9.17, 15) is 4.79 Å². The third-order valence-corrected chi connectivity index (χ3v) is 5.26. The number of para-hydroxylation sites is 2. The number of thiazole rings is 1. The van der Waals surface area contributed by atoms with Crippen LogP contribution in [-0.2, 0) is 11.2 Å². The molecule has 7 nitrogen and oxygen atoms in total. The third-order valence-electron chi connectivity index (χ3n) is 4.33. The molecule has 0 unspecified atom stereocenters. The highest BCUT2D eigenvalue weighted by Gasteiger charge is 2.16. The Morgan fingerprint density at radius 2 is 1.93 bits per heavy atom. The molecule has 4 aromatic rings. The molecule has 0 spiro atoms. The van der Waals surface area contributed by atoms with Crippen LogP contribution in [0.1, 0.15) is 12.2 Å². The lowest BCUT2D eigenvalue weighted by atomic mass is 10.3. The molecule has 1 amide bonds. The highest BCUT2D eigenvalue weighted by atomic mass is 32.1. The van der Waals surface area contributed by atoms with Gasteiger partial charge in [-0.3, -0.25) is 4.79 Å². The molecule has 136 valence electrons. The second-order valence-electron chi connectivity index (χ2n) is 6.23. The molecule has 0 saturated heterocycles. The average Bonchev–Trinajstić information content (AvgIpc) is 3.26. The number of carbonyl (C=O) groups excluding carboxylic acids is 1. The summed E-state index contributed by atoms with van der Waals surface area (Å²) in [7, 11) is 0. The van der Waals surface area contributed by atoms with Crippen LogP contribution in [0.2, 0.25) is 0 Å². The molecule has 2 aromatic heterocycles. The SMILES string of the molecule is O=C(CCc1nc2ccccc2[nH]1)Nc1nc2cc3c(cc2s1)OCCO3. The molecule has 0 atom stereocenters. The van der Waals surface area contributed by atoms with E-state index >= 15 is 0 Å². The molecule has 27 heavy (non-hydrogen) atoms. The molecule has 8 heteroatoms. The molecule has 0 radical (unpaired) electrons. The van der Waals surface area contributed by atoms with E-state index in [1.165, 1.54) is 11.3 Å². The van der Waals surface area contributed by atoms with Crippen molar-refractivity contribution in [3.63, 3.8) is 0 Å². The number of rotatable bonds is 4. The topological polar surface area (TPSA) is 89.1 Å². The molecule has 5 rings (SSSR count). The Morgan fingerprint density at radius 1 is 1.11 bits per heavy atom. The fourth-order valence-corrected chi connectivity index (χ4v) is 3.95. The minimum Gasteiger partial charge on any atom is -0.486 e. The standard InChI is InChI=1S/C19H16N4O3S/c24-18(6-5-17-20-11-3-1-2-4-12(11)21-17)23-19-22-13-9-14-15(10-16(13)27-19)26-8-7-25-14/h1-4,9-10H,5-8H2,(H,20,21)(H,22,23,24). The van der Waals surface area contributed by atoms with Crippen LogP contribution in [0.5, 0.6) is 11.5 Å². The van der Waals surface area contributed by atoms with Crippen LogP contribution in [-0.4, -0.2) is 34.1 Å². The highest BCUT2D eigenvalue weighted by Crippen LogP contribution is 2.37. The van der Waals surface area contributed by atoms with Crippen LogP contribution in [0.25, 0.3) is 21.3 Å². The summed E-state index contributed by atoms with van der Waals surface area (Å²) < 4.78 is 12.1. The molecule has 1 aliphatic heterocycles. The van der Waals surface area contributed by atoms with E-state index in [1.54, 1.807) is 0 Å². The van der Waals surface area contributed by atoms with Crippen molar-refractivity contribution in [2.75, 3.05) is 18.5 Å². The molecule has 0 fully saturated rings. The Hall–Kier alpha value is -3.13. The quantitative estimate of drug-likeness (QED) is 0.565. The van der Waals surface area contributed by atoms with Crippen molar-refractivity contribution in [1.29, 1.82) is 0 Å². The molecule has 0 aliphatic carbocycles. The first-order chi connectivity index (χ1) is 13.2. The van der Waals surface area contributed by atoms with Gasteiger partial charge in [0.2, 0.25) is 5.91 Å². The lowest BCUT2D eigenvalue weighted by Gasteiger charge is -2.17. The van der Waals surface area contributed by atoms with Crippen molar-refractivity contribution in [1.82, 2.24) is 15.0 Å². The number of ether oxygens (including phenoxy) is 2. The predicted octanol–water partition coefficient (Wildman–Crippen LogP) is 3.52. The minimum absolute atomic E-state index is 0.0909. The van der Waals surface area contributed by atoms with Crippen molar-refractivity contribution < 1.29 is 14.3 Å². The summed E-state index contributed by atoms with van der Waals surface area (Å²) in [4.78, 5) is 24.5. The molecule has 3 heterocycles. The summed E-state index contributed by atoms with van der Waals surface area (Å²) in [5.74, 6) is 2.13. The Bertz CT molecular complexity index is 1070. The molecule has 0 bridgehead atoms. The van der Waals surface area contributed by atoms with Gasteiger partial charge in [0.15, 0.2) is 16.6 Å². The fraction of sp³-hybridized carbons (Fsp3) is 0.211. The van der Waals surface area contributed by atoms with Gasteiger partial charge in [0, 0.05) is 25.0 Å². The van der Waals surface area contributed by atoms with Gasteiger partial charge in [0.25, 0.3) is 0 Å². The van der Waals surface area contributed by atoms with E-state index in [2.05, 4.69) is 20.3 Å². The van der Waals surface area contributed by atoms with Crippen LogP contribution in [0.3, 0.4) is 0 Å². The second kappa shape index (κ2) is 6.55. The van der Waals surface area contributed by atoms with Crippen LogP contribution in [0.4, 0.5) is 5.13 Å². The monoisotopic (exact) mass is 380 g/mol. The number of carbonyl (C=O) groups is 1. The van der Waals surface area contributed by atoms with E-state index in [-0.39, 0.29) is 5.91 Å². The number of H-pyrrole nitrogens is 1. The summed E-state index contributed by atoms with van der Waals surface area (Å²) in [6, 6.07) is 11.6. The maximum Gasteiger partial charge on any atom is 0.226 e. The van der Waals surface area contributed by atoms with Crippen LogP contribution >= 0.6 is 11.3 Å². The molecular formula is C19H16N4O3S. The molecular weight excluding hydrogens is 364 g/mol. The van der Waals surface area contributed by atoms with Gasteiger partial charge < -0.3 is 19.8 Å². The smallest absolute Gasteiger partial charge is 0.226 e. The Labute approximate surface area is 158 Å². The van der Waals surface area contributed by atoms with Crippen LogP contribution in [0, 0.1) is 0 Å². The highest BCUT2D eigenvalue weighted by molar-refractivity contribution is 7.22. The predicted molar refractivity (Wildman–Crippen MR) is 104 cm³/mol. The lowest BCUT2D eigenvalue weighted by Crippen LogP contribution is -2.15. The number of amides is 1. The zero-order chi connectivity index (χ0) is 18.2. The lowest BCUT2D eigenvalue weighted by molar-refractivity contribution is -0.116. The summed E-state index contributed by atoms with van der Waals surface area (Å²) >= 11 is 1.42. The van der Waals surface area contributed by atoms with Gasteiger partial charge >= 0.3 is 0 Å². The zero-order valence-corrected chi connectivity index (χ0v) is 15.1. The number of fused-ring (bicyclic) bond motifs is 3. The number of aromatic nitrogens is 3. The van der Waals surface area contributed by atoms with E-state index in [0.717, 1.165) is 32.8 Å². The van der Waals surface area contributed by atoms with Crippen LogP contribution in [0.15, 0.2) is 36.4 Å². The second-order valence-corrected chi connectivity index (χ2v) is 7.26. The third kappa shape index (κ3) is 3.19. The van der Waals surface area contributed by atoms with E-state index < -0.39 is 0 Å². The number of benzene rings is 2. The van der Waals surface area contributed by atoms with Gasteiger partial charge in [0.05, 0.1) is 21.3 Å². The number of nitrogens with one attached hydrogen (secondary N) is 2. The van der Waals surface area contributed by atoms with Crippen molar-refractivity contribution in [2.45, 2.75) is 12.8 Å². The number of imidazole rings is 1. The zero-order valence-electron chi connectivity index (χ0n) is 14.3. The first-order valence-electron chi connectivity index (χ1n) is 8.68. The van der Waals surface area contributed by atoms with Gasteiger partial charge in [-0.1, -0.05) is 23.5 Å². The minimum atomic E-state index is -0.0909. The molecule has 0 saturated carbocycles. The number of hydrogen-bond donors (Lipinski definition) is 2. The molecule has 2 N–H and O–H groups in total. The van der Waals surface area contributed by atoms with E-state index in [1.807, 2.05) is 36.4 Å². The number of nitrogens with zero attached hydrogens (tertiary/aromatic N) is 2. The number of aryl methyl sites for hydroxylation is 1. The number of hydrogen-bond acceptors (Lipinski definition) is 6. The molecule has 2 aromatic carbocycles. The van der Waals surface area contributed by atoms with Crippen molar-refractivity contribution in [3.05, 3.63) is 42.2 Å². The Kier molecular flexibility index (Phi) is 3.90. The maximum atomic E-state index is 12.3.